The summed E-state index contributed by atoms with van der Waals surface area (Å²) in [6.07, 6.45) is 1.98. The van der Waals surface area contributed by atoms with Gasteiger partial charge in [0.25, 0.3) is 11.6 Å². The highest BCUT2D eigenvalue weighted by atomic mass is 16.6. The van der Waals surface area contributed by atoms with Gasteiger partial charge in [-0.1, -0.05) is 12.1 Å². The molecule has 8 heteroatoms. The number of methoxy groups -OCH3 is 1. The van der Waals surface area contributed by atoms with E-state index in [0.717, 1.165) is 25.9 Å². The normalized spacial score (nSPS) is 13.3. The molecule has 3 rings (SSSR count). The molecule has 0 spiro atoms. The van der Waals surface area contributed by atoms with Crippen LogP contribution in [-0.4, -0.2) is 37.0 Å². The number of hydrogen-bond donors (Lipinski definition) is 1. The van der Waals surface area contributed by atoms with Gasteiger partial charge in [-0.3, -0.25) is 14.9 Å². The van der Waals surface area contributed by atoms with Crippen molar-refractivity contribution in [3.8, 4) is 0 Å². The van der Waals surface area contributed by atoms with E-state index < -0.39 is 16.8 Å². The zero-order valence-electron chi connectivity index (χ0n) is 14.8. The number of nitro groups is 1. The number of carbonyl (C=O) groups excluding carboxylic acids is 2. The van der Waals surface area contributed by atoms with Crippen molar-refractivity contribution in [2.75, 3.05) is 30.4 Å². The number of rotatable bonds is 5. The third kappa shape index (κ3) is 3.89. The van der Waals surface area contributed by atoms with Crippen LogP contribution in [-0.2, 0) is 4.74 Å². The fourth-order valence-corrected chi connectivity index (χ4v) is 3.11. The summed E-state index contributed by atoms with van der Waals surface area (Å²) in [5, 5.41) is 14.1. The lowest BCUT2D eigenvalue weighted by Gasteiger charge is -2.18. The molecule has 1 heterocycles. The first-order valence-electron chi connectivity index (χ1n) is 8.53. The number of nitrogens with zero attached hydrogens (tertiary/aromatic N) is 2. The molecular weight excluding hydrogens is 350 g/mol. The first kappa shape index (κ1) is 18.4. The topological polar surface area (TPSA) is 102 Å². The number of anilines is 2. The van der Waals surface area contributed by atoms with E-state index in [4.69, 9.17) is 4.74 Å². The van der Waals surface area contributed by atoms with E-state index in [1.165, 1.54) is 19.2 Å². The second-order valence-electron chi connectivity index (χ2n) is 6.15. The summed E-state index contributed by atoms with van der Waals surface area (Å²) in [6.45, 7) is 1.53. The van der Waals surface area contributed by atoms with Crippen LogP contribution in [0, 0.1) is 10.1 Å². The van der Waals surface area contributed by atoms with Gasteiger partial charge >= 0.3 is 5.97 Å². The number of nitro benzene ring substituents is 1. The van der Waals surface area contributed by atoms with Crippen molar-refractivity contribution in [3.05, 3.63) is 63.7 Å². The van der Waals surface area contributed by atoms with Crippen molar-refractivity contribution in [3.63, 3.8) is 0 Å². The molecule has 0 saturated carbocycles. The minimum Gasteiger partial charge on any atom is -0.465 e. The van der Waals surface area contributed by atoms with Crippen molar-refractivity contribution in [1.82, 2.24) is 0 Å². The smallest absolute Gasteiger partial charge is 0.339 e. The predicted molar refractivity (Wildman–Crippen MR) is 100 cm³/mol. The number of carbonyl (C=O) groups is 2. The summed E-state index contributed by atoms with van der Waals surface area (Å²) in [7, 11) is 1.25. The van der Waals surface area contributed by atoms with E-state index in [9.17, 15) is 19.7 Å². The average Bonchev–Trinajstić information content (AvgIpc) is 3.22. The molecule has 140 valence electrons. The maximum atomic E-state index is 12.6. The van der Waals surface area contributed by atoms with Crippen LogP contribution in [0.4, 0.5) is 17.1 Å². The van der Waals surface area contributed by atoms with Gasteiger partial charge in [0.2, 0.25) is 0 Å². The Hall–Kier alpha value is -3.42. The van der Waals surface area contributed by atoms with Crippen LogP contribution in [0.25, 0.3) is 0 Å². The van der Waals surface area contributed by atoms with Crippen LogP contribution in [0.15, 0.2) is 42.5 Å². The highest BCUT2D eigenvalue weighted by Crippen LogP contribution is 2.32. The van der Waals surface area contributed by atoms with Crippen molar-refractivity contribution in [2.45, 2.75) is 12.8 Å². The number of ether oxygens (including phenoxy) is 1. The molecular formula is C19H19N3O5. The minimum atomic E-state index is -0.582. The molecule has 0 aromatic heterocycles. The first-order chi connectivity index (χ1) is 13.0. The van der Waals surface area contributed by atoms with Crippen molar-refractivity contribution in [1.29, 1.82) is 0 Å². The molecule has 1 aliphatic heterocycles. The molecule has 0 bridgehead atoms. The van der Waals surface area contributed by atoms with Gasteiger partial charge in [0, 0.05) is 24.7 Å². The largest absolute Gasteiger partial charge is 0.465 e. The fraction of sp³-hybridized carbons (Fsp3) is 0.263. The van der Waals surface area contributed by atoms with E-state index in [-0.39, 0.29) is 22.5 Å². The van der Waals surface area contributed by atoms with Crippen molar-refractivity contribution >= 4 is 28.9 Å². The quantitative estimate of drug-likeness (QED) is 0.493. The zero-order valence-corrected chi connectivity index (χ0v) is 14.8. The molecule has 1 fully saturated rings. The minimum absolute atomic E-state index is 0.106. The van der Waals surface area contributed by atoms with E-state index in [0.29, 0.717) is 5.69 Å². The van der Waals surface area contributed by atoms with Crippen molar-refractivity contribution in [2.24, 2.45) is 0 Å². The van der Waals surface area contributed by atoms with Gasteiger partial charge in [-0.15, -0.1) is 0 Å². The molecule has 0 radical (unpaired) electrons. The molecule has 1 aliphatic rings. The number of benzene rings is 2. The summed E-state index contributed by atoms with van der Waals surface area (Å²) in [4.78, 5) is 37.4. The summed E-state index contributed by atoms with van der Waals surface area (Å²) in [5.41, 5.74) is 1.04. The van der Waals surface area contributed by atoms with E-state index in [2.05, 4.69) is 5.32 Å². The van der Waals surface area contributed by atoms with E-state index in [1.54, 1.807) is 30.3 Å². The van der Waals surface area contributed by atoms with Gasteiger partial charge in [-0.2, -0.15) is 0 Å². The lowest BCUT2D eigenvalue weighted by atomic mass is 10.1. The number of para-hydroxylation sites is 1. The van der Waals surface area contributed by atoms with E-state index >= 15 is 0 Å². The Bertz CT molecular complexity index is 891. The van der Waals surface area contributed by atoms with Crippen LogP contribution in [0.2, 0.25) is 0 Å². The highest BCUT2D eigenvalue weighted by molar-refractivity contribution is 6.08. The van der Waals surface area contributed by atoms with Crippen LogP contribution >= 0.6 is 0 Å². The lowest BCUT2D eigenvalue weighted by Crippen LogP contribution is -2.20. The molecule has 1 N–H and O–H groups in total. The van der Waals surface area contributed by atoms with Gasteiger partial charge in [-0.25, -0.2) is 4.79 Å². The molecule has 1 saturated heterocycles. The lowest BCUT2D eigenvalue weighted by molar-refractivity contribution is -0.384. The van der Waals surface area contributed by atoms with Gasteiger partial charge in [-0.05, 0) is 37.1 Å². The predicted octanol–water partition coefficient (Wildman–Crippen LogP) is 3.23. The number of nitrogens with one attached hydrogen (secondary N) is 1. The van der Waals surface area contributed by atoms with Gasteiger partial charge < -0.3 is 15.0 Å². The Balaban J connectivity index is 1.88. The Morgan fingerprint density at radius 2 is 1.85 bits per heavy atom. The number of hydrogen-bond acceptors (Lipinski definition) is 6. The Labute approximate surface area is 155 Å². The Morgan fingerprint density at radius 1 is 1.15 bits per heavy atom. The molecule has 0 unspecified atom stereocenters. The van der Waals surface area contributed by atoms with Crippen LogP contribution < -0.4 is 10.2 Å². The van der Waals surface area contributed by atoms with Crippen molar-refractivity contribution < 1.29 is 19.2 Å². The third-order valence-electron chi connectivity index (χ3n) is 4.46. The third-order valence-corrected chi connectivity index (χ3v) is 4.46. The number of amides is 1. The SMILES string of the molecule is COC(=O)c1ccccc1NC(=O)c1ccc(N2CCCC2)c([N+](=O)[O-])c1. The Morgan fingerprint density at radius 3 is 2.52 bits per heavy atom. The van der Waals surface area contributed by atoms with Gasteiger partial charge in [0.05, 0.1) is 23.3 Å². The maximum absolute atomic E-state index is 12.6. The standard InChI is InChI=1S/C19H19N3O5/c1-27-19(24)14-6-2-3-7-15(14)20-18(23)13-8-9-16(17(12-13)22(25)26)21-10-4-5-11-21/h2-3,6-9,12H,4-5,10-11H2,1H3,(H,20,23). The molecule has 27 heavy (non-hydrogen) atoms. The van der Waals surface area contributed by atoms with Crippen LogP contribution in [0.3, 0.4) is 0 Å². The maximum Gasteiger partial charge on any atom is 0.339 e. The van der Waals surface area contributed by atoms with Crippen LogP contribution in [0.1, 0.15) is 33.6 Å². The van der Waals surface area contributed by atoms with Gasteiger partial charge in [0.15, 0.2) is 0 Å². The number of esters is 1. The Kier molecular flexibility index (Phi) is 5.35. The summed E-state index contributed by atoms with van der Waals surface area (Å²) >= 11 is 0. The molecule has 2 aromatic carbocycles. The van der Waals surface area contributed by atoms with E-state index in [1.807, 2.05) is 4.90 Å². The molecule has 0 aliphatic carbocycles. The highest BCUT2D eigenvalue weighted by Gasteiger charge is 2.24. The molecule has 0 atom stereocenters. The second kappa shape index (κ2) is 7.86. The van der Waals surface area contributed by atoms with Crippen LogP contribution in [0.5, 0.6) is 0 Å². The zero-order chi connectivity index (χ0) is 19.4. The average molecular weight is 369 g/mol. The van der Waals surface area contributed by atoms with Gasteiger partial charge in [0.1, 0.15) is 5.69 Å². The fourth-order valence-electron chi connectivity index (χ4n) is 3.11. The summed E-state index contributed by atoms with van der Waals surface area (Å²) < 4.78 is 4.70. The summed E-state index contributed by atoms with van der Waals surface area (Å²) in [6, 6.07) is 10.8. The monoisotopic (exact) mass is 369 g/mol. The molecule has 2 aromatic rings. The molecule has 1 amide bonds. The summed E-state index contributed by atoms with van der Waals surface area (Å²) in [5.74, 6) is -1.12. The second-order valence-corrected chi connectivity index (χ2v) is 6.15. The molecule has 8 nitrogen and oxygen atoms in total. The first-order valence-corrected chi connectivity index (χ1v) is 8.53.